The van der Waals surface area contributed by atoms with Crippen LogP contribution in [0.1, 0.15) is 33.1 Å². The fourth-order valence-electron chi connectivity index (χ4n) is 1.97. The van der Waals surface area contributed by atoms with Gasteiger partial charge in [0.05, 0.1) is 0 Å². The number of rotatable bonds is 8. The molecule has 0 heterocycles. The van der Waals surface area contributed by atoms with Gasteiger partial charge in [-0.1, -0.05) is 32.0 Å². The first kappa shape index (κ1) is 14.7. The molecule has 0 saturated heterocycles. The highest BCUT2D eigenvalue weighted by Crippen LogP contribution is 2.06. The SMILES string of the molecule is CCCN(CCC)CCC(=O)Nc1ccccc1. The normalized spacial score (nSPS) is 10.6. The van der Waals surface area contributed by atoms with E-state index in [0.717, 1.165) is 38.2 Å². The number of nitrogens with one attached hydrogen (secondary N) is 1. The van der Waals surface area contributed by atoms with Gasteiger partial charge in [-0.3, -0.25) is 4.79 Å². The summed E-state index contributed by atoms with van der Waals surface area (Å²) >= 11 is 0. The van der Waals surface area contributed by atoms with E-state index in [2.05, 4.69) is 24.1 Å². The van der Waals surface area contributed by atoms with Crippen molar-refractivity contribution in [1.82, 2.24) is 4.90 Å². The molecule has 0 unspecified atom stereocenters. The Labute approximate surface area is 110 Å². The summed E-state index contributed by atoms with van der Waals surface area (Å²) in [5.74, 6) is 0.0957. The van der Waals surface area contributed by atoms with E-state index in [1.165, 1.54) is 0 Å². The molecule has 0 spiro atoms. The maximum Gasteiger partial charge on any atom is 0.225 e. The maximum atomic E-state index is 11.8. The molecule has 0 aliphatic heterocycles. The van der Waals surface area contributed by atoms with Crippen LogP contribution in [0.4, 0.5) is 5.69 Å². The Morgan fingerprint density at radius 1 is 1.06 bits per heavy atom. The van der Waals surface area contributed by atoms with Crippen molar-refractivity contribution in [2.45, 2.75) is 33.1 Å². The Kier molecular flexibility index (Phi) is 7.11. The summed E-state index contributed by atoms with van der Waals surface area (Å²) in [7, 11) is 0. The summed E-state index contributed by atoms with van der Waals surface area (Å²) < 4.78 is 0. The Hall–Kier alpha value is -1.35. The van der Waals surface area contributed by atoms with E-state index >= 15 is 0 Å². The van der Waals surface area contributed by atoms with Gasteiger partial charge in [-0.2, -0.15) is 0 Å². The minimum absolute atomic E-state index is 0.0957. The van der Waals surface area contributed by atoms with Gasteiger partial charge >= 0.3 is 0 Å². The van der Waals surface area contributed by atoms with E-state index in [9.17, 15) is 4.79 Å². The van der Waals surface area contributed by atoms with E-state index in [0.29, 0.717) is 6.42 Å². The lowest BCUT2D eigenvalue weighted by molar-refractivity contribution is -0.116. The Bertz CT molecular complexity index is 332. The van der Waals surface area contributed by atoms with Crippen molar-refractivity contribution in [3.63, 3.8) is 0 Å². The summed E-state index contributed by atoms with van der Waals surface area (Å²) in [6.45, 7) is 7.35. The number of carbonyl (C=O) groups excluding carboxylic acids is 1. The average Bonchev–Trinajstić information content (AvgIpc) is 2.38. The number of benzene rings is 1. The average molecular weight is 248 g/mol. The zero-order valence-corrected chi connectivity index (χ0v) is 11.5. The van der Waals surface area contributed by atoms with Crippen molar-refractivity contribution in [3.05, 3.63) is 30.3 Å². The molecule has 1 amide bonds. The smallest absolute Gasteiger partial charge is 0.225 e. The Balaban J connectivity index is 2.31. The van der Waals surface area contributed by atoms with Crippen molar-refractivity contribution in [2.75, 3.05) is 25.0 Å². The first-order valence-electron chi connectivity index (χ1n) is 6.83. The van der Waals surface area contributed by atoms with Gasteiger partial charge in [-0.25, -0.2) is 0 Å². The van der Waals surface area contributed by atoms with E-state index < -0.39 is 0 Å². The molecule has 3 nitrogen and oxygen atoms in total. The van der Waals surface area contributed by atoms with Crippen LogP contribution in [0.3, 0.4) is 0 Å². The van der Waals surface area contributed by atoms with Crippen LogP contribution in [0, 0.1) is 0 Å². The molecular weight excluding hydrogens is 224 g/mol. The molecule has 18 heavy (non-hydrogen) atoms. The van der Waals surface area contributed by atoms with E-state index in [4.69, 9.17) is 0 Å². The van der Waals surface area contributed by atoms with E-state index in [1.54, 1.807) is 0 Å². The molecule has 0 aliphatic rings. The molecule has 100 valence electrons. The van der Waals surface area contributed by atoms with Gasteiger partial charge in [0, 0.05) is 18.7 Å². The first-order chi connectivity index (χ1) is 8.76. The van der Waals surface area contributed by atoms with Crippen molar-refractivity contribution in [3.8, 4) is 0 Å². The van der Waals surface area contributed by atoms with E-state index in [-0.39, 0.29) is 5.91 Å². The highest BCUT2D eigenvalue weighted by molar-refractivity contribution is 5.90. The molecule has 0 atom stereocenters. The quantitative estimate of drug-likeness (QED) is 0.766. The third-order valence-electron chi connectivity index (χ3n) is 2.79. The van der Waals surface area contributed by atoms with Crippen LogP contribution in [0.15, 0.2) is 30.3 Å². The summed E-state index contributed by atoms with van der Waals surface area (Å²) in [4.78, 5) is 14.1. The molecule has 0 bridgehead atoms. The molecule has 0 radical (unpaired) electrons. The van der Waals surface area contributed by atoms with Crippen molar-refractivity contribution >= 4 is 11.6 Å². The number of carbonyl (C=O) groups is 1. The lowest BCUT2D eigenvalue weighted by Crippen LogP contribution is -2.29. The van der Waals surface area contributed by atoms with Gasteiger partial charge in [-0.05, 0) is 38.1 Å². The second kappa shape index (κ2) is 8.70. The topological polar surface area (TPSA) is 32.3 Å². The third-order valence-corrected chi connectivity index (χ3v) is 2.79. The number of hydrogen-bond acceptors (Lipinski definition) is 2. The monoisotopic (exact) mass is 248 g/mol. The fourth-order valence-corrected chi connectivity index (χ4v) is 1.97. The number of nitrogens with zero attached hydrogens (tertiary/aromatic N) is 1. The van der Waals surface area contributed by atoms with Crippen LogP contribution >= 0.6 is 0 Å². The molecule has 1 N–H and O–H groups in total. The van der Waals surface area contributed by atoms with Gasteiger partial charge in [0.1, 0.15) is 0 Å². The molecule has 0 aliphatic carbocycles. The summed E-state index contributed by atoms with van der Waals surface area (Å²) in [6.07, 6.45) is 2.84. The zero-order valence-electron chi connectivity index (χ0n) is 11.5. The lowest BCUT2D eigenvalue weighted by atomic mass is 10.3. The van der Waals surface area contributed by atoms with Crippen molar-refractivity contribution < 1.29 is 4.79 Å². The highest BCUT2D eigenvalue weighted by Gasteiger charge is 2.06. The third kappa shape index (κ3) is 5.82. The second-order valence-electron chi connectivity index (χ2n) is 4.51. The van der Waals surface area contributed by atoms with Crippen molar-refractivity contribution in [1.29, 1.82) is 0 Å². The number of hydrogen-bond donors (Lipinski definition) is 1. The highest BCUT2D eigenvalue weighted by atomic mass is 16.1. The van der Waals surface area contributed by atoms with Gasteiger partial charge < -0.3 is 10.2 Å². The molecule has 1 rings (SSSR count). The van der Waals surface area contributed by atoms with Crippen LogP contribution < -0.4 is 5.32 Å². The molecule has 0 aromatic heterocycles. The number of para-hydroxylation sites is 1. The molecule has 0 saturated carbocycles. The number of amides is 1. The minimum Gasteiger partial charge on any atom is -0.326 e. The minimum atomic E-state index is 0.0957. The van der Waals surface area contributed by atoms with Crippen LogP contribution in [-0.2, 0) is 4.79 Å². The molecule has 0 fully saturated rings. The summed E-state index contributed by atoms with van der Waals surface area (Å²) in [5.41, 5.74) is 0.875. The van der Waals surface area contributed by atoms with Gasteiger partial charge in [-0.15, -0.1) is 0 Å². The number of anilines is 1. The van der Waals surface area contributed by atoms with E-state index in [1.807, 2.05) is 30.3 Å². The fraction of sp³-hybridized carbons (Fsp3) is 0.533. The van der Waals surface area contributed by atoms with Gasteiger partial charge in [0.2, 0.25) is 5.91 Å². The van der Waals surface area contributed by atoms with Gasteiger partial charge in [0.15, 0.2) is 0 Å². The molecule has 1 aromatic carbocycles. The Morgan fingerprint density at radius 3 is 2.22 bits per heavy atom. The predicted molar refractivity (Wildman–Crippen MR) is 76.7 cm³/mol. The van der Waals surface area contributed by atoms with Crippen LogP contribution in [-0.4, -0.2) is 30.4 Å². The molecule has 1 aromatic rings. The van der Waals surface area contributed by atoms with Crippen LogP contribution in [0.25, 0.3) is 0 Å². The largest absolute Gasteiger partial charge is 0.326 e. The van der Waals surface area contributed by atoms with Gasteiger partial charge in [0.25, 0.3) is 0 Å². The van der Waals surface area contributed by atoms with Crippen LogP contribution in [0.2, 0.25) is 0 Å². The predicted octanol–water partition coefficient (Wildman–Crippen LogP) is 3.14. The zero-order chi connectivity index (χ0) is 13.2. The second-order valence-corrected chi connectivity index (χ2v) is 4.51. The standard InChI is InChI=1S/C15H24N2O/c1-3-11-17(12-4-2)13-10-15(18)16-14-8-6-5-7-9-14/h5-9H,3-4,10-13H2,1-2H3,(H,16,18). The summed E-state index contributed by atoms with van der Waals surface area (Å²) in [6, 6.07) is 9.62. The van der Waals surface area contributed by atoms with Crippen LogP contribution in [0.5, 0.6) is 0 Å². The molecular formula is C15H24N2O. The first-order valence-corrected chi connectivity index (χ1v) is 6.83. The molecule has 3 heteroatoms. The Morgan fingerprint density at radius 2 is 1.67 bits per heavy atom. The van der Waals surface area contributed by atoms with Crippen molar-refractivity contribution in [2.24, 2.45) is 0 Å². The lowest BCUT2D eigenvalue weighted by Gasteiger charge is -2.20. The maximum absolute atomic E-state index is 11.8. The summed E-state index contributed by atoms with van der Waals surface area (Å²) in [5, 5.41) is 2.92.